The van der Waals surface area contributed by atoms with Crippen molar-refractivity contribution in [3.05, 3.63) is 29.3 Å². The number of carbonyl (C=O) groups is 1. The molecule has 1 aromatic carbocycles. The number of nitrogens with one attached hydrogen (secondary N) is 1. The van der Waals surface area contributed by atoms with E-state index in [1.165, 1.54) is 0 Å². The van der Waals surface area contributed by atoms with Gasteiger partial charge in [0.2, 0.25) is 5.91 Å². The van der Waals surface area contributed by atoms with Crippen LogP contribution in [0, 0.1) is 0 Å². The molecular weight excluding hydrogens is 262 g/mol. The second kappa shape index (κ2) is 5.39. The molecule has 0 aromatic heterocycles. The van der Waals surface area contributed by atoms with Gasteiger partial charge in [-0.2, -0.15) is 0 Å². The molecule has 1 heterocycles. The van der Waals surface area contributed by atoms with Gasteiger partial charge in [0.05, 0.1) is 5.54 Å². The molecule has 0 spiro atoms. The van der Waals surface area contributed by atoms with E-state index in [0.29, 0.717) is 0 Å². The normalized spacial score (nSPS) is 19.6. The third-order valence-corrected chi connectivity index (χ3v) is 3.52. The molecule has 19 heavy (non-hydrogen) atoms. The monoisotopic (exact) mass is 281 g/mol. The lowest BCUT2D eigenvalue weighted by molar-refractivity contribution is -0.125. The predicted octanol–water partition coefficient (Wildman–Crippen LogP) is 1.77. The summed E-state index contributed by atoms with van der Waals surface area (Å²) in [5.41, 5.74) is 6.04. The van der Waals surface area contributed by atoms with Gasteiger partial charge in [0.1, 0.15) is 0 Å². The van der Waals surface area contributed by atoms with Crippen LogP contribution in [0.1, 0.15) is 20.3 Å². The van der Waals surface area contributed by atoms with E-state index < -0.39 is 5.54 Å². The van der Waals surface area contributed by atoms with Crippen LogP contribution in [0.3, 0.4) is 0 Å². The van der Waals surface area contributed by atoms with Crippen molar-refractivity contribution in [1.82, 2.24) is 5.32 Å². The minimum atomic E-state index is -0.830. The molecule has 1 fully saturated rings. The Balaban J connectivity index is 1.95. The molecule has 104 valence electrons. The molecule has 1 aromatic rings. The Morgan fingerprint density at radius 1 is 1.53 bits per heavy atom. The summed E-state index contributed by atoms with van der Waals surface area (Å²) in [6.45, 7) is 5.14. The molecule has 1 saturated heterocycles. The van der Waals surface area contributed by atoms with Crippen molar-refractivity contribution >= 4 is 23.2 Å². The highest BCUT2D eigenvalue weighted by Crippen LogP contribution is 2.23. The molecule has 0 saturated carbocycles. The summed E-state index contributed by atoms with van der Waals surface area (Å²) in [4.78, 5) is 14.1. The highest BCUT2D eigenvalue weighted by Gasteiger charge is 2.28. The van der Waals surface area contributed by atoms with Crippen LogP contribution in [0.15, 0.2) is 24.3 Å². The fourth-order valence-electron chi connectivity index (χ4n) is 2.16. The zero-order valence-electron chi connectivity index (χ0n) is 11.3. The van der Waals surface area contributed by atoms with E-state index in [0.717, 1.165) is 30.2 Å². The smallest absolute Gasteiger partial charge is 0.239 e. The van der Waals surface area contributed by atoms with Gasteiger partial charge in [0, 0.05) is 29.8 Å². The number of benzene rings is 1. The molecule has 4 nitrogen and oxygen atoms in total. The Morgan fingerprint density at radius 2 is 2.26 bits per heavy atom. The Hall–Kier alpha value is -1.26. The van der Waals surface area contributed by atoms with Crippen LogP contribution in [0.4, 0.5) is 5.69 Å². The van der Waals surface area contributed by atoms with Crippen molar-refractivity contribution in [1.29, 1.82) is 0 Å². The van der Waals surface area contributed by atoms with Crippen LogP contribution >= 0.6 is 11.6 Å². The summed E-state index contributed by atoms with van der Waals surface area (Å²) in [5, 5.41) is 3.72. The van der Waals surface area contributed by atoms with E-state index in [2.05, 4.69) is 10.2 Å². The average Bonchev–Trinajstić information content (AvgIpc) is 2.76. The van der Waals surface area contributed by atoms with E-state index in [1.807, 2.05) is 24.3 Å². The van der Waals surface area contributed by atoms with Crippen LogP contribution < -0.4 is 16.0 Å². The number of halogens is 1. The van der Waals surface area contributed by atoms with Gasteiger partial charge in [-0.15, -0.1) is 0 Å². The summed E-state index contributed by atoms with van der Waals surface area (Å²) < 4.78 is 0. The average molecular weight is 282 g/mol. The first kappa shape index (κ1) is 14.2. The lowest BCUT2D eigenvalue weighted by Crippen LogP contribution is -2.52. The van der Waals surface area contributed by atoms with Crippen LogP contribution in [0.5, 0.6) is 0 Å². The standard InChI is InChI=1S/C14H20ClN3O/c1-14(2,16)13(19)17-11-6-7-18(9-11)12-5-3-4-10(15)8-12/h3-5,8,11H,6-7,9,16H2,1-2H3,(H,17,19). The van der Waals surface area contributed by atoms with Crippen molar-refractivity contribution in [3.63, 3.8) is 0 Å². The summed E-state index contributed by atoms with van der Waals surface area (Å²) in [6.07, 6.45) is 0.925. The third-order valence-electron chi connectivity index (χ3n) is 3.28. The Morgan fingerprint density at radius 3 is 2.89 bits per heavy atom. The fourth-order valence-corrected chi connectivity index (χ4v) is 2.34. The highest BCUT2D eigenvalue weighted by molar-refractivity contribution is 6.30. The first-order valence-electron chi connectivity index (χ1n) is 6.46. The van der Waals surface area contributed by atoms with Crippen LogP contribution in [0.2, 0.25) is 5.02 Å². The predicted molar refractivity (Wildman–Crippen MR) is 78.5 cm³/mol. The number of nitrogens with two attached hydrogens (primary N) is 1. The van der Waals surface area contributed by atoms with E-state index in [9.17, 15) is 4.79 Å². The largest absolute Gasteiger partial charge is 0.369 e. The first-order chi connectivity index (χ1) is 8.86. The molecule has 3 N–H and O–H groups in total. The van der Waals surface area contributed by atoms with Gasteiger partial charge in [-0.1, -0.05) is 17.7 Å². The molecule has 0 bridgehead atoms. The summed E-state index contributed by atoms with van der Waals surface area (Å²) in [6, 6.07) is 7.92. The van der Waals surface area contributed by atoms with Gasteiger partial charge in [0.15, 0.2) is 0 Å². The topological polar surface area (TPSA) is 58.4 Å². The van der Waals surface area contributed by atoms with Crippen LogP contribution in [-0.4, -0.2) is 30.6 Å². The van der Waals surface area contributed by atoms with E-state index >= 15 is 0 Å². The third kappa shape index (κ3) is 3.61. The number of amides is 1. The minimum Gasteiger partial charge on any atom is -0.369 e. The number of hydrogen-bond donors (Lipinski definition) is 2. The lowest BCUT2D eigenvalue weighted by Gasteiger charge is -2.22. The fraction of sp³-hybridized carbons (Fsp3) is 0.500. The van der Waals surface area contributed by atoms with Crippen molar-refractivity contribution in [2.24, 2.45) is 5.73 Å². The Bertz CT molecular complexity index is 470. The van der Waals surface area contributed by atoms with E-state index in [4.69, 9.17) is 17.3 Å². The number of rotatable bonds is 3. The van der Waals surface area contributed by atoms with Crippen LogP contribution in [0.25, 0.3) is 0 Å². The Kier molecular flexibility index (Phi) is 4.02. The summed E-state index contributed by atoms with van der Waals surface area (Å²) in [7, 11) is 0. The maximum Gasteiger partial charge on any atom is 0.239 e. The van der Waals surface area contributed by atoms with Gasteiger partial charge in [-0.05, 0) is 38.5 Å². The van der Waals surface area contributed by atoms with Crippen molar-refractivity contribution in [2.75, 3.05) is 18.0 Å². The minimum absolute atomic E-state index is 0.106. The zero-order chi connectivity index (χ0) is 14.0. The summed E-state index contributed by atoms with van der Waals surface area (Å²) >= 11 is 5.99. The van der Waals surface area contributed by atoms with Crippen molar-refractivity contribution in [3.8, 4) is 0 Å². The molecule has 1 aliphatic rings. The number of nitrogens with zero attached hydrogens (tertiary/aromatic N) is 1. The maximum absolute atomic E-state index is 11.8. The summed E-state index contributed by atoms with van der Waals surface area (Å²) in [5.74, 6) is -0.106. The molecule has 1 atom stereocenters. The van der Waals surface area contributed by atoms with Crippen molar-refractivity contribution < 1.29 is 4.79 Å². The lowest BCUT2D eigenvalue weighted by atomic mass is 10.1. The van der Waals surface area contributed by atoms with E-state index in [1.54, 1.807) is 13.8 Å². The number of anilines is 1. The van der Waals surface area contributed by atoms with Crippen molar-refractivity contribution in [2.45, 2.75) is 31.8 Å². The molecule has 2 rings (SSSR count). The maximum atomic E-state index is 11.8. The van der Waals surface area contributed by atoms with Gasteiger partial charge < -0.3 is 16.0 Å². The van der Waals surface area contributed by atoms with E-state index in [-0.39, 0.29) is 11.9 Å². The highest BCUT2D eigenvalue weighted by atomic mass is 35.5. The molecule has 0 aliphatic carbocycles. The molecular formula is C14H20ClN3O. The SMILES string of the molecule is CC(C)(N)C(=O)NC1CCN(c2cccc(Cl)c2)C1. The number of hydrogen-bond acceptors (Lipinski definition) is 3. The molecule has 0 radical (unpaired) electrons. The Labute approximate surface area is 118 Å². The van der Waals surface area contributed by atoms with Crippen LogP contribution in [-0.2, 0) is 4.79 Å². The molecule has 5 heteroatoms. The second-order valence-corrected chi connectivity index (χ2v) is 6.04. The van der Waals surface area contributed by atoms with Gasteiger partial charge in [-0.25, -0.2) is 0 Å². The number of carbonyl (C=O) groups excluding carboxylic acids is 1. The first-order valence-corrected chi connectivity index (χ1v) is 6.84. The zero-order valence-corrected chi connectivity index (χ0v) is 12.1. The quantitative estimate of drug-likeness (QED) is 0.888. The van der Waals surface area contributed by atoms with Gasteiger partial charge in [-0.3, -0.25) is 4.79 Å². The van der Waals surface area contributed by atoms with Gasteiger partial charge in [0.25, 0.3) is 0 Å². The molecule has 1 amide bonds. The van der Waals surface area contributed by atoms with Gasteiger partial charge >= 0.3 is 0 Å². The molecule has 1 aliphatic heterocycles. The second-order valence-electron chi connectivity index (χ2n) is 5.61. The molecule has 1 unspecified atom stereocenters.